The Morgan fingerprint density at radius 1 is 1.00 bits per heavy atom. The number of nitrogens with one attached hydrogen (secondary N) is 1. The van der Waals surface area contributed by atoms with E-state index in [2.05, 4.69) is 0 Å². The van der Waals surface area contributed by atoms with E-state index in [9.17, 15) is 30.0 Å². The molecular weight excluding hydrogens is 417 g/mol. The average molecular weight is 429 g/mol. The van der Waals surface area contributed by atoms with Crippen LogP contribution in [0.4, 0.5) is 13.2 Å². The second kappa shape index (κ2) is 7.16. The maximum Gasteiger partial charge on any atom is 0.417 e. The number of sulfonamides is 2. The maximum absolute atomic E-state index is 13.1. The van der Waals surface area contributed by atoms with E-state index in [1.54, 1.807) is 0 Å². The van der Waals surface area contributed by atoms with Gasteiger partial charge in [-0.25, -0.2) is 26.7 Å². The summed E-state index contributed by atoms with van der Waals surface area (Å²) < 4.78 is 88.0. The third kappa shape index (κ3) is 4.95. The number of halogens is 4. The van der Waals surface area contributed by atoms with Gasteiger partial charge in [0.05, 0.1) is 15.4 Å². The largest absolute Gasteiger partial charge is 0.417 e. The van der Waals surface area contributed by atoms with Crippen molar-refractivity contribution in [2.24, 2.45) is 5.14 Å². The Labute approximate surface area is 152 Å². The van der Waals surface area contributed by atoms with Crippen LogP contribution in [0, 0.1) is 0 Å². The Morgan fingerprint density at radius 3 is 2.08 bits per heavy atom. The molecule has 0 spiro atoms. The van der Waals surface area contributed by atoms with E-state index in [-0.39, 0.29) is 16.5 Å². The van der Waals surface area contributed by atoms with Gasteiger partial charge in [-0.2, -0.15) is 13.2 Å². The number of nitrogens with two attached hydrogens (primary N) is 1. The molecule has 3 N–H and O–H groups in total. The van der Waals surface area contributed by atoms with Gasteiger partial charge in [0.25, 0.3) is 0 Å². The Kier molecular flexibility index (Phi) is 5.69. The summed E-state index contributed by atoms with van der Waals surface area (Å²) >= 11 is 5.52. The Hall–Kier alpha value is -1.66. The van der Waals surface area contributed by atoms with E-state index >= 15 is 0 Å². The molecule has 0 radical (unpaired) electrons. The third-order valence-corrected chi connectivity index (χ3v) is 5.88. The molecule has 0 heterocycles. The van der Waals surface area contributed by atoms with Crippen LogP contribution in [0.2, 0.25) is 5.02 Å². The highest BCUT2D eigenvalue weighted by Crippen LogP contribution is 2.35. The molecule has 0 aromatic heterocycles. The van der Waals surface area contributed by atoms with Crippen molar-refractivity contribution in [1.82, 2.24) is 4.72 Å². The van der Waals surface area contributed by atoms with Gasteiger partial charge >= 0.3 is 6.18 Å². The fraction of sp³-hybridized carbons (Fsp3) is 0.143. The molecule has 2 rings (SSSR count). The maximum atomic E-state index is 13.1. The van der Waals surface area contributed by atoms with Crippen LogP contribution in [0.5, 0.6) is 0 Å². The Balaban J connectivity index is 2.28. The van der Waals surface area contributed by atoms with Gasteiger partial charge in [-0.05, 0) is 35.9 Å². The summed E-state index contributed by atoms with van der Waals surface area (Å²) in [6.07, 6.45) is -4.91. The van der Waals surface area contributed by atoms with Gasteiger partial charge in [0.15, 0.2) is 0 Å². The van der Waals surface area contributed by atoms with Crippen molar-refractivity contribution < 1.29 is 30.0 Å². The minimum absolute atomic E-state index is 0.179. The summed E-state index contributed by atoms with van der Waals surface area (Å²) in [6.45, 7) is -0.354. The zero-order valence-corrected chi connectivity index (χ0v) is 15.2. The molecule has 0 aliphatic carbocycles. The van der Waals surface area contributed by atoms with Crippen LogP contribution in [0.3, 0.4) is 0 Å². The smallest absolute Gasteiger partial charge is 0.225 e. The summed E-state index contributed by atoms with van der Waals surface area (Å²) in [5.74, 6) is 0. The van der Waals surface area contributed by atoms with Crippen molar-refractivity contribution >= 4 is 31.6 Å². The van der Waals surface area contributed by atoms with E-state index in [1.807, 2.05) is 4.72 Å². The molecule has 142 valence electrons. The number of benzene rings is 2. The van der Waals surface area contributed by atoms with Crippen LogP contribution < -0.4 is 9.86 Å². The molecule has 0 bridgehead atoms. The lowest BCUT2D eigenvalue weighted by atomic mass is 10.2. The minimum atomic E-state index is -4.91. The van der Waals surface area contributed by atoms with Crippen molar-refractivity contribution in [1.29, 1.82) is 0 Å². The van der Waals surface area contributed by atoms with Gasteiger partial charge in [0, 0.05) is 11.6 Å². The van der Waals surface area contributed by atoms with Crippen molar-refractivity contribution in [3.05, 3.63) is 58.6 Å². The first-order chi connectivity index (χ1) is 11.8. The summed E-state index contributed by atoms with van der Waals surface area (Å²) in [5.41, 5.74) is -1.06. The van der Waals surface area contributed by atoms with Crippen LogP contribution in [-0.2, 0) is 32.8 Å². The first kappa shape index (κ1) is 20.6. The predicted octanol–water partition coefficient (Wildman–Crippen LogP) is 2.48. The number of rotatable bonds is 5. The molecular formula is C14H12ClF3N2O4S2. The van der Waals surface area contributed by atoms with E-state index in [4.69, 9.17) is 16.7 Å². The summed E-state index contributed by atoms with van der Waals surface area (Å²) in [7, 11) is -8.41. The molecule has 0 unspecified atom stereocenters. The second-order valence-electron chi connectivity index (χ2n) is 5.15. The fourth-order valence-corrected chi connectivity index (χ4v) is 3.92. The molecule has 0 amide bonds. The summed E-state index contributed by atoms with van der Waals surface area (Å²) in [6, 6.07) is 7.20. The summed E-state index contributed by atoms with van der Waals surface area (Å²) in [5, 5.41) is 4.68. The normalized spacial score (nSPS) is 13.0. The molecule has 0 fully saturated rings. The Morgan fingerprint density at radius 2 is 1.58 bits per heavy atom. The highest BCUT2D eigenvalue weighted by Gasteiger charge is 2.37. The van der Waals surface area contributed by atoms with Crippen LogP contribution in [-0.4, -0.2) is 16.8 Å². The van der Waals surface area contributed by atoms with E-state index < -0.39 is 36.7 Å². The van der Waals surface area contributed by atoms with E-state index in [1.165, 1.54) is 12.1 Å². The van der Waals surface area contributed by atoms with Gasteiger partial charge < -0.3 is 0 Å². The zero-order valence-electron chi connectivity index (χ0n) is 12.8. The predicted molar refractivity (Wildman–Crippen MR) is 88.3 cm³/mol. The first-order valence-corrected chi connectivity index (χ1v) is 10.2. The number of alkyl halides is 3. The van der Waals surface area contributed by atoms with Gasteiger partial charge in [-0.15, -0.1) is 0 Å². The lowest BCUT2D eigenvalue weighted by Gasteiger charge is -2.14. The number of hydrogen-bond acceptors (Lipinski definition) is 4. The molecule has 26 heavy (non-hydrogen) atoms. The van der Waals surface area contributed by atoms with Crippen LogP contribution in [0.25, 0.3) is 0 Å². The minimum Gasteiger partial charge on any atom is -0.225 e. The molecule has 6 nitrogen and oxygen atoms in total. The second-order valence-corrected chi connectivity index (χ2v) is 8.88. The fourth-order valence-electron chi connectivity index (χ4n) is 2.01. The van der Waals surface area contributed by atoms with E-state index in [0.717, 1.165) is 24.3 Å². The molecule has 0 saturated heterocycles. The van der Waals surface area contributed by atoms with Crippen LogP contribution in [0.1, 0.15) is 11.1 Å². The highest BCUT2D eigenvalue weighted by molar-refractivity contribution is 7.89. The van der Waals surface area contributed by atoms with Crippen molar-refractivity contribution in [3.8, 4) is 0 Å². The summed E-state index contributed by atoms with van der Waals surface area (Å²) in [4.78, 5) is -1.14. The molecule has 2 aromatic rings. The third-order valence-electron chi connectivity index (χ3n) is 3.25. The van der Waals surface area contributed by atoms with Crippen molar-refractivity contribution in [3.63, 3.8) is 0 Å². The number of primary sulfonamides is 1. The van der Waals surface area contributed by atoms with Crippen molar-refractivity contribution in [2.75, 3.05) is 0 Å². The van der Waals surface area contributed by atoms with Crippen LogP contribution >= 0.6 is 11.6 Å². The average Bonchev–Trinajstić information content (AvgIpc) is 2.51. The monoisotopic (exact) mass is 428 g/mol. The molecule has 0 saturated carbocycles. The lowest BCUT2D eigenvalue weighted by Crippen LogP contribution is -2.26. The first-order valence-electron chi connectivity index (χ1n) is 6.79. The molecule has 0 atom stereocenters. The number of hydrogen-bond donors (Lipinski definition) is 2. The molecule has 0 aliphatic heterocycles. The van der Waals surface area contributed by atoms with E-state index in [0.29, 0.717) is 11.6 Å². The van der Waals surface area contributed by atoms with Crippen LogP contribution in [0.15, 0.2) is 52.3 Å². The molecule has 2 aromatic carbocycles. The van der Waals surface area contributed by atoms with Gasteiger partial charge in [0.2, 0.25) is 20.0 Å². The SMILES string of the molecule is NS(=O)(=O)c1ccc(CNS(=O)(=O)c2ccc(Cl)cc2C(F)(F)F)cc1. The van der Waals surface area contributed by atoms with Crippen molar-refractivity contribution in [2.45, 2.75) is 22.5 Å². The lowest BCUT2D eigenvalue weighted by molar-refractivity contribution is -0.139. The highest BCUT2D eigenvalue weighted by atomic mass is 35.5. The molecule has 12 heteroatoms. The molecule has 0 aliphatic rings. The quantitative estimate of drug-likeness (QED) is 0.762. The Bertz CT molecular complexity index is 1020. The van der Waals surface area contributed by atoms with Gasteiger partial charge in [-0.1, -0.05) is 23.7 Å². The standard InChI is InChI=1S/C14H12ClF3N2O4S2/c15-10-3-6-13(12(7-10)14(16,17)18)26(23,24)20-8-9-1-4-11(5-2-9)25(19,21)22/h1-7,20H,8H2,(H2,19,21,22). The topological polar surface area (TPSA) is 106 Å². The van der Waals surface area contributed by atoms with Gasteiger partial charge in [-0.3, -0.25) is 0 Å². The zero-order chi connectivity index (χ0) is 19.8. The van der Waals surface area contributed by atoms with Gasteiger partial charge in [0.1, 0.15) is 0 Å².